The number of rotatable bonds is 10. The van der Waals surface area contributed by atoms with Crippen molar-refractivity contribution in [1.29, 1.82) is 0 Å². The molecule has 8 nitrogen and oxygen atoms in total. The molecule has 2 fully saturated rings. The summed E-state index contributed by atoms with van der Waals surface area (Å²) in [4.78, 5) is 51.4. The fourth-order valence-electron chi connectivity index (χ4n) is 8.59. The van der Waals surface area contributed by atoms with Crippen LogP contribution in [-0.2, 0) is 35.0 Å². The summed E-state index contributed by atoms with van der Waals surface area (Å²) in [5, 5.41) is 6.41. The van der Waals surface area contributed by atoms with E-state index in [1.165, 1.54) is 24.3 Å². The lowest BCUT2D eigenvalue weighted by atomic mass is 10.0. The zero-order valence-electron chi connectivity index (χ0n) is 34.2. The van der Waals surface area contributed by atoms with Crippen LogP contribution in [0, 0.1) is 6.92 Å². The first kappa shape index (κ1) is 46.7. The average molecular weight is 946 g/mol. The van der Waals surface area contributed by atoms with Gasteiger partial charge in [0.05, 0.1) is 11.1 Å². The summed E-state index contributed by atoms with van der Waals surface area (Å²) in [6, 6.07) is 21.4. The number of amides is 2. The largest absolute Gasteiger partial charge is 0.432 e. The van der Waals surface area contributed by atoms with Crippen LogP contribution >= 0.6 is 34.8 Å². The first-order valence-corrected chi connectivity index (χ1v) is 21.7. The monoisotopic (exact) mass is 944 g/mol. The molecule has 64 heavy (non-hydrogen) atoms. The molecule has 6 aromatic rings. The lowest BCUT2D eigenvalue weighted by Gasteiger charge is -2.16. The number of fused-ring (bicyclic) bond motifs is 2. The predicted octanol–water partition coefficient (Wildman–Crippen LogP) is 12.2. The zero-order chi connectivity index (χ0) is 46.1. The minimum Gasteiger partial charge on any atom is -0.346 e. The Bertz CT molecular complexity index is 2550. The Morgan fingerprint density at radius 2 is 0.906 bits per heavy atom. The molecule has 0 unspecified atom stereocenters. The van der Waals surface area contributed by atoms with Crippen molar-refractivity contribution in [1.82, 2.24) is 19.8 Å². The molecule has 17 heteroatoms. The van der Waals surface area contributed by atoms with E-state index in [4.69, 9.17) is 34.8 Å². The summed E-state index contributed by atoms with van der Waals surface area (Å²) in [5.74, 6) is -4.40. The molecule has 2 heterocycles. The molecule has 336 valence electrons. The van der Waals surface area contributed by atoms with E-state index in [0.29, 0.717) is 39.6 Å². The molecular weight excluding hydrogens is 905 g/mol. The second-order valence-corrected chi connectivity index (χ2v) is 17.4. The van der Waals surface area contributed by atoms with Crippen molar-refractivity contribution in [3.05, 3.63) is 139 Å². The van der Waals surface area contributed by atoms with E-state index < -0.39 is 58.2 Å². The lowest BCUT2D eigenvalue weighted by molar-refractivity contribution is -0.144. The van der Waals surface area contributed by atoms with E-state index in [2.05, 4.69) is 10.6 Å². The highest BCUT2D eigenvalue weighted by atomic mass is 35.5. The van der Waals surface area contributed by atoms with Gasteiger partial charge in [-0.25, -0.2) is 0 Å². The molecule has 0 atom stereocenters. The molecule has 2 aliphatic carbocycles. The van der Waals surface area contributed by atoms with Crippen LogP contribution in [0.15, 0.2) is 84.9 Å². The van der Waals surface area contributed by atoms with Gasteiger partial charge in [0.25, 0.3) is 23.4 Å². The van der Waals surface area contributed by atoms with Crippen molar-refractivity contribution in [3.8, 4) is 0 Å². The number of carbonyl (C=O) groups excluding carboxylic acids is 4. The fourth-order valence-corrected chi connectivity index (χ4v) is 9.01. The van der Waals surface area contributed by atoms with Crippen LogP contribution in [0.2, 0.25) is 15.1 Å². The van der Waals surface area contributed by atoms with Gasteiger partial charge in [-0.1, -0.05) is 96.4 Å². The topological polar surface area (TPSA) is 102 Å². The Kier molecular flexibility index (Phi) is 13.9. The highest BCUT2D eigenvalue weighted by Crippen LogP contribution is 2.41. The fraction of sp³-hybridized carbons (Fsp3) is 0.319. The number of hydrogen-bond donors (Lipinski definition) is 2. The van der Waals surface area contributed by atoms with E-state index in [1.54, 1.807) is 67.6 Å². The standard InChI is InChI=1S/C24H22ClF3N2O2.C23H19Cl2F3N2O2/c1-14-6-11-19-18(12-14)20(21(31)23(32)29-17-4-2-3-5-17)22(24(26,27)28)30(19)13-15-7-9-16(25)10-8-15;24-14-7-5-13(6-8-14)12-30-18-10-9-15(25)11-17(18)19(21(30)23(26,27)28)20(31)22(32)29-16-3-1-2-4-16/h6-12,17H,2-5,13H2,1H3,(H,29,32);5-11,16H,1-4,12H2,(H,29,32). The number of Topliss-reactive ketones (excluding diaryl/α,β-unsaturated/α-hetero) is 2. The number of nitrogens with one attached hydrogen (secondary N) is 2. The van der Waals surface area contributed by atoms with Crippen molar-refractivity contribution in [2.24, 2.45) is 0 Å². The molecule has 0 spiro atoms. The number of aromatic nitrogens is 2. The molecular formula is C47H41Cl3F6N4O4. The Morgan fingerprint density at radius 1 is 0.547 bits per heavy atom. The second-order valence-electron chi connectivity index (χ2n) is 16.1. The van der Waals surface area contributed by atoms with Crippen LogP contribution < -0.4 is 10.6 Å². The van der Waals surface area contributed by atoms with Crippen molar-refractivity contribution >= 4 is 80.0 Å². The Hall–Kier alpha value is -5.31. The third-order valence-electron chi connectivity index (χ3n) is 11.5. The van der Waals surface area contributed by atoms with Crippen molar-refractivity contribution in [3.63, 3.8) is 0 Å². The lowest BCUT2D eigenvalue weighted by Crippen LogP contribution is -2.38. The van der Waals surface area contributed by atoms with Crippen LogP contribution in [0.3, 0.4) is 0 Å². The molecule has 0 aliphatic heterocycles. The van der Waals surface area contributed by atoms with Crippen LogP contribution in [-0.4, -0.2) is 44.6 Å². The molecule has 0 saturated heterocycles. The van der Waals surface area contributed by atoms with E-state index >= 15 is 0 Å². The molecule has 2 aliphatic rings. The summed E-state index contributed by atoms with van der Waals surface area (Å²) in [7, 11) is 0. The number of hydrogen-bond acceptors (Lipinski definition) is 4. The van der Waals surface area contributed by atoms with E-state index in [-0.39, 0.29) is 52.0 Å². The Morgan fingerprint density at radius 3 is 1.30 bits per heavy atom. The SMILES string of the molecule is Cc1ccc2c(c1)c(C(=O)C(=O)NC1CCCC1)c(C(F)(F)F)n2Cc1ccc(Cl)cc1.O=C(NC1CCCC1)C(=O)c1c(C(F)(F)F)n(Cc2ccc(Cl)cc2)c2ccc(Cl)cc12. The van der Waals surface area contributed by atoms with Crippen LogP contribution in [0.25, 0.3) is 21.8 Å². The summed E-state index contributed by atoms with van der Waals surface area (Å²) < 4.78 is 87.9. The summed E-state index contributed by atoms with van der Waals surface area (Å²) in [6.07, 6.45) is -3.20. The van der Waals surface area contributed by atoms with Gasteiger partial charge in [0, 0.05) is 62.0 Å². The van der Waals surface area contributed by atoms with Gasteiger partial charge in [-0.2, -0.15) is 26.3 Å². The van der Waals surface area contributed by atoms with Crippen LogP contribution in [0.5, 0.6) is 0 Å². The van der Waals surface area contributed by atoms with Gasteiger partial charge in [0.2, 0.25) is 0 Å². The van der Waals surface area contributed by atoms with Crippen molar-refractivity contribution < 1.29 is 45.5 Å². The average Bonchev–Trinajstić information content (AvgIpc) is 4.06. The molecule has 2 amide bonds. The Balaban J connectivity index is 0.000000191. The maximum atomic E-state index is 14.3. The highest BCUT2D eigenvalue weighted by molar-refractivity contribution is 6.46. The summed E-state index contributed by atoms with van der Waals surface area (Å²) in [6.45, 7) is 1.45. The first-order valence-electron chi connectivity index (χ1n) is 20.6. The molecule has 2 aromatic heterocycles. The van der Waals surface area contributed by atoms with Gasteiger partial charge >= 0.3 is 12.4 Å². The van der Waals surface area contributed by atoms with Gasteiger partial charge in [0.1, 0.15) is 11.4 Å². The molecule has 2 saturated carbocycles. The summed E-state index contributed by atoms with van der Waals surface area (Å²) in [5.41, 5.74) is -1.31. The molecule has 0 radical (unpaired) electrons. The van der Waals surface area contributed by atoms with Crippen LogP contribution in [0.4, 0.5) is 26.3 Å². The second kappa shape index (κ2) is 19.0. The van der Waals surface area contributed by atoms with E-state index in [0.717, 1.165) is 47.7 Å². The quantitative estimate of drug-likeness (QED) is 0.0811. The minimum absolute atomic E-state index is 0.00893. The first-order chi connectivity index (χ1) is 30.3. The Labute approximate surface area is 378 Å². The third kappa shape index (κ3) is 10.3. The number of alkyl halides is 6. The smallest absolute Gasteiger partial charge is 0.346 e. The van der Waals surface area contributed by atoms with E-state index in [9.17, 15) is 45.5 Å². The van der Waals surface area contributed by atoms with Gasteiger partial charge < -0.3 is 19.8 Å². The molecule has 8 rings (SSSR count). The van der Waals surface area contributed by atoms with Gasteiger partial charge in [-0.15, -0.1) is 0 Å². The predicted molar refractivity (Wildman–Crippen MR) is 234 cm³/mol. The number of nitrogens with zero attached hydrogens (tertiary/aromatic N) is 2. The molecule has 4 aromatic carbocycles. The number of aryl methyl sites for hydroxylation is 1. The van der Waals surface area contributed by atoms with Crippen molar-refractivity contribution in [2.45, 2.75) is 95.8 Å². The maximum Gasteiger partial charge on any atom is 0.432 e. The zero-order valence-corrected chi connectivity index (χ0v) is 36.5. The number of ketones is 2. The third-order valence-corrected chi connectivity index (χ3v) is 12.3. The molecule has 0 bridgehead atoms. The number of benzene rings is 4. The van der Waals surface area contributed by atoms with E-state index in [1.807, 2.05) is 0 Å². The van der Waals surface area contributed by atoms with Crippen LogP contribution in [0.1, 0.15) is 100 Å². The minimum atomic E-state index is -4.88. The van der Waals surface area contributed by atoms with Gasteiger partial charge in [-0.3, -0.25) is 19.2 Å². The van der Waals surface area contributed by atoms with Gasteiger partial charge in [0.15, 0.2) is 0 Å². The van der Waals surface area contributed by atoms with Crippen molar-refractivity contribution in [2.75, 3.05) is 0 Å². The number of halogens is 9. The van der Waals surface area contributed by atoms with Gasteiger partial charge in [-0.05, 0) is 98.3 Å². The molecule has 2 N–H and O–H groups in total. The summed E-state index contributed by atoms with van der Waals surface area (Å²) >= 11 is 17.8. The number of carbonyl (C=O) groups is 4. The maximum absolute atomic E-state index is 14.3. The highest BCUT2D eigenvalue weighted by Gasteiger charge is 2.44. The normalized spacial score (nSPS) is 14.8.